The number of nitrogens with zero attached hydrogens (tertiary/aromatic N) is 2. The number of carboxylic acids is 1. The van der Waals surface area contributed by atoms with E-state index in [0.717, 1.165) is 38.9 Å². The summed E-state index contributed by atoms with van der Waals surface area (Å²) in [6.07, 6.45) is 0.653. The highest BCUT2D eigenvalue weighted by Crippen LogP contribution is 2.33. The molecular weight excluding hydrogens is 312 g/mol. The number of thiazole rings is 1. The maximum atomic E-state index is 11.4. The number of methoxy groups -OCH3 is 1. The largest absolute Gasteiger partial charge is 0.496 e. The first-order chi connectivity index (χ1) is 11.0. The van der Waals surface area contributed by atoms with Gasteiger partial charge in [-0.2, -0.15) is 0 Å². The molecule has 6 heteroatoms. The number of aryl methyl sites for hydroxylation is 3. The Labute approximate surface area is 138 Å². The number of hydrogen-bond acceptors (Lipinski definition) is 4. The second-order valence-electron chi connectivity index (χ2n) is 5.38. The molecule has 23 heavy (non-hydrogen) atoms. The molecule has 0 saturated heterocycles. The van der Waals surface area contributed by atoms with Crippen molar-refractivity contribution in [2.75, 3.05) is 7.11 Å². The molecule has 2 heterocycles. The number of benzene rings is 1. The second-order valence-corrected chi connectivity index (χ2v) is 6.36. The molecule has 0 fully saturated rings. The summed E-state index contributed by atoms with van der Waals surface area (Å²) in [5.74, 6) is -0.0478. The fourth-order valence-corrected chi connectivity index (χ4v) is 4.00. The van der Waals surface area contributed by atoms with E-state index in [0.29, 0.717) is 11.3 Å². The molecular formula is C17H18N2O3S. The first-order valence-corrected chi connectivity index (χ1v) is 8.18. The van der Waals surface area contributed by atoms with Gasteiger partial charge in [-0.1, -0.05) is 18.3 Å². The number of ether oxygens (including phenoxy) is 1. The SMILES string of the molecule is CCc1c(C(=O)O)sc2nc(-c3ccc(OC)c(C)c3)c(C)n12. The molecule has 0 saturated carbocycles. The summed E-state index contributed by atoms with van der Waals surface area (Å²) in [7, 11) is 1.65. The van der Waals surface area contributed by atoms with Gasteiger partial charge in [0.05, 0.1) is 12.8 Å². The topological polar surface area (TPSA) is 63.8 Å². The predicted octanol–water partition coefficient (Wildman–Crippen LogP) is 3.95. The van der Waals surface area contributed by atoms with Crippen molar-refractivity contribution in [3.05, 3.63) is 40.0 Å². The molecule has 2 aromatic heterocycles. The van der Waals surface area contributed by atoms with E-state index in [1.165, 1.54) is 11.3 Å². The third kappa shape index (κ3) is 2.39. The summed E-state index contributed by atoms with van der Waals surface area (Å²) in [6, 6.07) is 5.96. The van der Waals surface area contributed by atoms with Crippen LogP contribution in [-0.2, 0) is 6.42 Å². The van der Waals surface area contributed by atoms with Crippen LogP contribution < -0.4 is 4.74 Å². The molecule has 0 atom stereocenters. The van der Waals surface area contributed by atoms with Crippen LogP contribution in [0, 0.1) is 13.8 Å². The lowest BCUT2D eigenvalue weighted by atomic mass is 10.1. The molecule has 0 aliphatic heterocycles. The van der Waals surface area contributed by atoms with Gasteiger partial charge in [0.25, 0.3) is 0 Å². The number of aromatic nitrogens is 2. The van der Waals surface area contributed by atoms with Gasteiger partial charge in [-0.15, -0.1) is 0 Å². The summed E-state index contributed by atoms with van der Waals surface area (Å²) < 4.78 is 7.26. The van der Waals surface area contributed by atoms with Gasteiger partial charge < -0.3 is 9.84 Å². The van der Waals surface area contributed by atoms with Crippen molar-refractivity contribution in [3.63, 3.8) is 0 Å². The number of rotatable bonds is 4. The quantitative estimate of drug-likeness (QED) is 0.787. The van der Waals surface area contributed by atoms with E-state index < -0.39 is 5.97 Å². The molecule has 3 rings (SSSR count). The lowest BCUT2D eigenvalue weighted by molar-refractivity contribution is 0.0700. The van der Waals surface area contributed by atoms with Gasteiger partial charge in [0.15, 0.2) is 4.96 Å². The maximum absolute atomic E-state index is 11.4. The summed E-state index contributed by atoms with van der Waals surface area (Å²) in [5, 5.41) is 9.34. The summed E-state index contributed by atoms with van der Waals surface area (Å²) >= 11 is 1.23. The second kappa shape index (κ2) is 5.70. The third-order valence-electron chi connectivity index (χ3n) is 4.00. The predicted molar refractivity (Wildman–Crippen MR) is 90.9 cm³/mol. The van der Waals surface area contributed by atoms with Crippen LogP contribution >= 0.6 is 11.3 Å². The maximum Gasteiger partial charge on any atom is 0.347 e. The van der Waals surface area contributed by atoms with Gasteiger partial charge >= 0.3 is 5.97 Å². The first-order valence-electron chi connectivity index (χ1n) is 7.37. The molecule has 120 valence electrons. The van der Waals surface area contributed by atoms with Crippen molar-refractivity contribution in [3.8, 4) is 17.0 Å². The summed E-state index contributed by atoms with van der Waals surface area (Å²) in [5.41, 5.74) is 4.70. The Balaban J connectivity index is 2.20. The summed E-state index contributed by atoms with van der Waals surface area (Å²) in [4.78, 5) is 17.1. The average molecular weight is 330 g/mol. The first kappa shape index (κ1) is 15.6. The van der Waals surface area contributed by atoms with Gasteiger partial charge in [-0.3, -0.25) is 4.40 Å². The van der Waals surface area contributed by atoms with Crippen molar-refractivity contribution in [1.29, 1.82) is 0 Å². The van der Waals surface area contributed by atoms with Gasteiger partial charge in [-0.05, 0) is 44.0 Å². The van der Waals surface area contributed by atoms with Crippen LogP contribution in [-0.4, -0.2) is 27.6 Å². The lowest BCUT2D eigenvalue weighted by Gasteiger charge is -2.07. The van der Waals surface area contributed by atoms with Crippen LogP contribution in [0.15, 0.2) is 18.2 Å². The van der Waals surface area contributed by atoms with Gasteiger partial charge in [0.1, 0.15) is 10.6 Å². The Morgan fingerprint density at radius 2 is 2.13 bits per heavy atom. The number of aromatic carboxylic acids is 1. The lowest BCUT2D eigenvalue weighted by Crippen LogP contribution is -2.01. The van der Waals surface area contributed by atoms with Gasteiger partial charge in [-0.25, -0.2) is 9.78 Å². The highest BCUT2D eigenvalue weighted by Gasteiger charge is 2.22. The Bertz CT molecular complexity index is 908. The zero-order chi connectivity index (χ0) is 16.7. The number of fused-ring (bicyclic) bond motifs is 1. The monoisotopic (exact) mass is 330 g/mol. The normalized spacial score (nSPS) is 11.1. The van der Waals surface area contributed by atoms with Crippen LogP contribution in [0.1, 0.15) is 33.5 Å². The van der Waals surface area contributed by atoms with Gasteiger partial charge in [0.2, 0.25) is 0 Å². The minimum Gasteiger partial charge on any atom is -0.496 e. The van der Waals surface area contributed by atoms with Gasteiger partial charge in [0, 0.05) is 17.0 Å². The molecule has 0 aliphatic rings. The molecule has 0 unspecified atom stereocenters. The van der Waals surface area contributed by atoms with Crippen LogP contribution in [0.25, 0.3) is 16.2 Å². The van der Waals surface area contributed by atoms with Crippen LogP contribution in [0.2, 0.25) is 0 Å². The highest BCUT2D eigenvalue weighted by molar-refractivity contribution is 7.19. The van der Waals surface area contributed by atoms with E-state index in [4.69, 9.17) is 4.74 Å². The molecule has 0 amide bonds. The van der Waals surface area contributed by atoms with E-state index in [9.17, 15) is 9.90 Å². The summed E-state index contributed by atoms with van der Waals surface area (Å²) in [6.45, 7) is 5.94. The van der Waals surface area contributed by atoms with Crippen LogP contribution in [0.5, 0.6) is 5.75 Å². The van der Waals surface area contributed by atoms with E-state index in [1.807, 2.05) is 43.4 Å². The van der Waals surface area contributed by atoms with Crippen molar-refractivity contribution >= 4 is 22.3 Å². The Morgan fingerprint density at radius 1 is 1.39 bits per heavy atom. The Hall–Kier alpha value is -2.34. The minimum atomic E-state index is -0.890. The molecule has 1 aromatic carbocycles. The molecule has 0 spiro atoms. The standard InChI is InChI=1S/C17H18N2O3S/c1-5-12-15(16(20)21)23-17-18-14(10(3)19(12)17)11-6-7-13(22-4)9(2)8-11/h6-8H,5H2,1-4H3,(H,20,21). The molecule has 3 aromatic rings. The van der Waals surface area contributed by atoms with Crippen molar-refractivity contribution in [2.45, 2.75) is 27.2 Å². The zero-order valence-electron chi connectivity index (χ0n) is 13.5. The fraction of sp³-hybridized carbons (Fsp3) is 0.294. The molecule has 1 N–H and O–H groups in total. The van der Waals surface area contributed by atoms with Crippen molar-refractivity contribution in [1.82, 2.24) is 9.38 Å². The van der Waals surface area contributed by atoms with Crippen LogP contribution in [0.4, 0.5) is 0 Å². The molecule has 0 radical (unpaired) electrons. The smallest absolute Gasteiger partial charge is 0.347 e. The molecule has 0 bridgehead atoms. The van der Waals surface area contributed by atoms with E-state index in [-0.39, 0.29) is 0 Å². The minimum absolute atomic E-state index is 0.371. The Morgan fingerprint density at radius 3 is 2.70 bits per heavy atom. The number of carbonyl (C=O) groups is 1. The fourth-order valence-electron chi connectivity index (χ4n) is 2.90. The molecule has 5 nitrogen and oxygen atoms in total. The van der Waals surface area contributed by atoms with E-state index in [1.54, 1.807) is 7.11 Å². The Kier molecular flexibility index (Phi) is 3.85. The van der Waals surface area contributed by atoms with E-state index >= 15 is 0 Å². The number of hydrogen-bond donors (Lipinski definition) is 1. The van der Waals surface area contributed by atoms with Crippen molar-refractivity contribution < 1.29 is 14.6 Å². The van der Waals surface area contributed by atoms with Crippen molar-refractivity contribution in [2.24, 2.45) is 0 Å². The number of imidazole rings is 1. The number of carboxylic acid groups (broad SMARTS) is 1. The third-order valence-corrected chi connectivity index (χ3v) is 5.07. The average Bonchev–Trinajstić information content (AvgIpc) is 3.04. The molecule has 0 aliphatic carbocycles. The zero-order valence-corrected chi connectivity index (χ0v) is 14.3. The van der Waals surface area contributed by atoms with Crippen LogP contribution in [0.3, 0.4) is 0 Å². The highest BCUT2D eigenvalue weighted by atomic mass is 32.1. The van der Waals surface area contributed by atoms with E-state index in [2.05, 4.69) is 4.98 Å².